The average molecular weight is 472 g/mol. The van der Waals surface area contributed by atoms with Crippen molar-refractivity contribution in [1.29, 1.82) is 0 Å². The number of rotatable bonds is 5. The van der Waals surface area contributed by atoms with Crippen LogP contribution in [-0.2, 0) is 18.6 Å². The highest BCUT2D eigenvalue weighted by molar-refractivity contribution is 7.99. The molecule has 4 aromatic rings. The van der Waals surface area contributed by atoms with E-state index in [9.17, 15) is 0 Å². The molecule has 0 amide bonds. The van der Waals surface area contributed by atoms with Gasteiger partial charge in [-0.15, -0.1) is 23.1 Å². The number of benzene rings is 1. The van der Waals surface area contributed by atoms with Crippen molar-refractivity contribution in [2.45, 2.75) is 55.0 Å². The van der Waals surface area contributed by atoms with Gasteiger partial charge in [0.2, 0.25) is 0 Å². The molecule has 3 nitrogen and oxygen atoms in total. The number of pyridine rings is 1. The molecule has 0 saturated carbocycles. The molecule has 1 aliphatic carbocycles. The number of fused-ring (bicyclic) bond motifs is 5. The highest BCUT2D eigenvalue weighted by atomic mass is 35.5. The van der Waals surface area contributed by atoms with E-state index in [-0.39, 0.29) is 0 Å². The third-order valence-corrected chi connectivity index (χ3v) is 8.59. The molecule has 3 heterocycles. The first-order valence-electron chi connectivity index (χ1n) is 10.1. The molecule has 0 spiro atoms. The van der Waals surface area contributed by atoms with E-state index >= 15 is 0 Å². The molecule has 154 valence electrons. The maximum Gasteiger partial charge on any atom is 0.189 e. The molecule has 0 aliphatic heterocycles. The number of aromatic nitrogens is 3. The Balaban J connectivity index is 1.66. The van der Waals surface area contributed by atoms with Gasteiger partial charge < -0.3 is 0 Å². The van der Waals surface area contributed by atoms with Crippen molar-refractivity contribution in [3.05, 3.63) is 51.7 Å². The van der Waals surface area contributed by atoms with E-state index in [1.807, 2.05) is 18.4 Å². The highest BCUT2D eigenvalue weighted by Gasteiger charge is 2.25. The van der Waals surface area contributed by atoms with Crippen LogP contribution in [0.5, 0.6) is 0 Å². The standard InChI is InChI=1S/C23H22ClN3S3/c1-12(2)18-16-6-4-5-15(16)17-19-20(30-21(17)25-18)22(27-23(26-19)28-3)29-11-13-7-9-14(24)10-8-13/h7-10,12H,4-6,11H2,1-3H3. The summed E-state index contributed by atoms with van der Waals surface area (Å²) < 4.78 is 1.17. The molecule has 1 aromatic carbocycles. The molecular formula is C23H22ClN3S3. The highest BCUT2D eigenvalue weighted by Crippen LogP contribution is 2.44. The largest absolute Gasteiger partial charge is 0.241 e. The van der Waals surface area contributed by atoms with E-state index in [1.165, 1.54) is 38.9 Å². The molecule has 0 bridgehead atoms. The lowest BCUT2D eigenvalue weighted by Gasteiger charge is -2.12. The lowest BCUT2D eigenvalue weighted by molar-refractivity contribution is 0.805. The number of nitrogens with zero attached hydrogens (tertiary/aromatic N) is 3. The zero-order valence-corrected chi connectivity index (χ0v) is 20.4. The van der Waals surface area contributed by atoms with Gasteiger partial charge in [-0.05, 0) is 60.3 Å². The molecule has 0 unspecified atom stereocenters. The van der Waals surface area contributed by atoms with E-state index in [4.69, 9.17) is 26.6 Å². The van der Waals surface area contributed by atoms with Crippen LogP contribution in [0.3, 0.4) is 0 Å². The lowest BCUT2D eigenvalue weighted by atomic mass is 9.99. The summed E-state index contributed by atoms with van der Waals surface area (Å²) in [6.07, 6.45) is 5.53. The molecule has 1 aliphatic rings. The van der Waals surface area contributed by atoms with Crippen LogP contribution >= 0.6 is 46.5 Å². The van der Waals surface area contributed by atoms with Crippen molar-refractivity contribution in [3.8, 4) is 0 Å². The van der Waals surface area contributed by atoms with Crippen molar-refractivity contribution in [2.75, 3.05) is 6.26 Å². The Morgan fingerprint density at radius 1 is 1.07 bits per heavy atom. The summed E-state index contributed by atoms with van der Waals surface area (Å²) in [5.41, 5.74) is 6.55. The molecule has 0 saturated heterocycles. The fourth-order valence-electron chi connectivity index (χ4n) is 4.15. The van der Waals surface area contributed by atoms with Gasteiger partial charge >= 0.3 is 0 Å². The fourth-order valence-corrected chi connectivity index (χ4v) is 6.91. The van der Waals surface area contributed by atoms with Gasteiger partial charge in [0.05, 0.1) is 10.2 Å². The number of hydrogen-bond donors (Lipinski definition) is 0. The van der Waals surface area contributed by atoms with Crippen LogP contribution in [0.25, 0.3) is 20.4 Å². The van der Waals surface area contributed by atoms with E-state index < -0.39 is 0 Å². The van der Waals surface area contributed by atoms with Gasteiger partial charge in [0.15, 0.2) is 5.16 Å². The number of hydrogen-bond acceptors (Lipinski definition) is 6. The quantitative estimate of drug-likeness (QED) is 0.171. The number of thiophene rings is 1. The number of thioether (sulfide) groups is 2. The molecule has 5 rings (SSSR count). The van der Waals surface area contributed by atoms with Crippen molar-refractivity contribution in [1.82, 2.24) is 15.0 Å². The third-order valence-electron chi connectivity index (χ3n) is 5.53. The maximum atomic E-state index is 6.04. The van der Waals surface area contributed by atoms with Gasteiger partial charge in [0.25, 0.3) is 0 Å². The van der Waals surface area contributed by atoms with Crippen LogP contribution in [0.1, 0.15) is 48.6 Å². The van der Waals surface area contributed by atoms with Crippen LogP contribution in [0, 0.1) is 0 Å². The summed E-state index contributed by atoms with van der Waals surface area (Å²) in [5, 5.41) is 3.93. The van der Waals surface area contributed by atoms with Crippen LogP contribution in [0.4, 0.5) is 0 Å². The summed E-state index contributed by atoms with van der Waals surface area (Å²) in [6, 6.07) is 8.05. The third kappa shape index (κ3) is 3.62. The Hall–Kier alpha value is -1.34. The molecule has 0 fully saturated rings. The van der Waals surface area contributed by atoms with Gasteiger partial charge in [-0.25, -0.2) is 15.0 Å². The molecule has 7 heteroatoms. The topological polar surface area (TPSA) is 38.7 Å². The van der Waals surface area contributed by atoms with Gasteiger partial charge in [-0.2, -0.15) is 0 Å². The Kier molecular flexibility index (Phi) is 5.69. The Morgan fingerprint density at radius 3 is 2.57 bits per heavy atom. The predicted molar refractivity (Wildman–Crippen MR) is 132 cm³/mol. The van der Waals surface area contributed by atoms with E-state index in [0.29, 0.717) is 5.92 Å². The Bertz CT molecular complexity index is 1250. The summed E-state index contributed by atoms with van der Waals surface area (Å²) in [7, 11) is 0. The molecule has 0 atom stereocenters. The normalized spacial score (nSPS) is 13.6. The van der Waals surface area contributed by atoms with Crippen molar-refractivity contribution in [2.24, 2.45) is 0 Å². The smallest absolute Gasteiger partial charge is 0.189 e. The number of aryl methyl sites for hydroxylation is 1. The van der Waals surface area contributed by atoms with Crippen molar-refractivity contribution in [3.63, 3.8) is 0 Å². The maximum absolute atomic E-state index is 6.04. The van der Waals surface area contributed by atoms with Gasteiger partial charge in [-0.3, -0.25) is 0 Å². The minimum absolute atomic E-state index is 0.443. The average Bonchev–Trinajstić information content (AvgIpc) is 3.36. The van der Waals surface area contributed by atoms with Crippen LogP contribution in [-0.4, -0.2) is 21.2 Å². The SMILES string of the molecule is CSc1nc(SCc2ccc(Cl)cc2)c2sc3nc(C(C)C)c4c(c3c2n1)CCC4. The zero-order chi connectivity index (χ0) is 20.8. The first-order valence-corrected chi connectivity index (χ1v) is 13.5. The van der Waals surface area contributed by atoms with Crippen LogP contribution in [0.2, 0.25) is 5.02 Å². The molecule has 3 aromatic heterocycles. The summed E-state index contributed by atoms with van der Waals surface area (Å²) >= 11 is 11.2. The minimum Gasteiger partial charge on any atom is -0.241 e. The number of halogens is 1. The van der Waals surface area contributed by atoms with Crippen LogP contribution in [0.15, 0.2) is 34.4 Å². The Labute approximate surface area is 194 Å². The van der Waals surface area contributed by atoms with Gasteiger partial charge in [0, 0.05) is 21.9 Å². The Morgan fingerprint density at radius 2 is 1.83 bits per heavy atom. The molecule has 0 N–H and O–H groups in total. The first-order chi connectivity index (χ1) is 14.5. The molecule has 0 radical (unpaired) electrons. The zero-order valence-electron chi connectivity index (χ0n) is 17.2. The summed E-state index contributed by atoms with van der Waals surface area (Å²) in [4.78, 5) is 16.1. The monoisotopic (exact) mass is 471 g/mol. The second-order valence-electron chi connectivity index (χ2n) is 7.85. The second kappa shape index (κ2) is 8.30. The first kappa shape index (κ1) is 20.6. The van der Waals surface area contributed by atoms with Crippen molar-refractivity contribution < 1.29 is 0 Å². The van der Waals surface area contributed by atoms with E-state index in [0.717, 1.165) is 44.1 Å². The van der Waals surface area contributed by atoms with E-state index in [1.54, 1.807) is 34.9 Å². The summed E-state index contributed by atoms with van der Waals surface area (Å²) in [5.74, 6) is 1.30. The van der Waals surface area contributed by atoms with E-state index in [2.05, 4.69) is 26.0 Å². The molecule has 30 heavy (non-hydrogen) atoms. The van der Waals surface area contributed by atoms with Gasteiger partial charge in [0.1, 0.15) is 9.86 Å². The molecular weight excluding hydrogens is 450 g/mol. The minimum atomic E-state index is 0.443. The second-order valence-corrected chi connectivity index (χ2v) is 11.0. The predicted octanol–water partition coefficient (Wildman–Crippen LogP) is 7.52. The fraction of sp³-hybridized carbons (Fsp3) is 0.348. The van der Waals surface area contributed by atoms with Gasteiger partial charge in [-0.1, -0.05) is 49.3 Å². The summed E-state index contributed by atoms with van der Waals surface area (Å²) in [6.45, 7) is 4.50. The lowest BCUT2D eigenvalue weighted by Crippen LogP contribution is -2.00. The van der Waals surface area contributed by atoms with Crippen molar-refractivity contribution >= 4 is 66.9 Å². The van der Waals surface area contributed by atoms with Crippen LogP contribution < -0.4 is 0 Å².